The average molecular weight is 212 g/mol. The molecule has 0 heterocycles. The second-order valence-corrected chi connectivity index (χ2v) is 4.47. The summed E-state index contributed by atoms with van der Waals surface area (Å²) in [5.74, 6) is -0.827. The van der Waals surface area contributed by atoms with E-state index in [2.05, 4.69) is 11.4 Å². The summed E-state index contributed by atoms with van der Waals surface area (Å²) in [6.07, 6.45) is 2.70. The molecule has 0 aliphatic carbocycles. The van der Waals surface area contributed by atoms with Crippen molar-refractivity contribution in [3.63, 3.8) is 0 Å². The molecule has 0 unspecified atom stereocenters. The molecule has 1 atom stereocenters. The van der Waals surface area contributed by atoms with E-state index in [0.29, 0.717) is 6.54 Å². The number of nitriles is 1. The Kier molecular flexibility index (Phi) is 5.95. The molecule has 0 aromatic carbocycles. The lowest BCUT2D eigenvalue weighted by Crippen LogP contribution is -2.34. The number of nitrogens with one attached hydrogen (secondary N) is 1. The fourth-order valence-corrected chi connectivity index (χ4v) is 1.15. The van der Waals surface area contributed by atoms with Gasteiger partial charge in [0.05, 0.1) is 11.5 Å². The quantitative estimate of drug-likeness (QED) is 0.631. The number of nitrogens with zero attached hydrogens (tertiary/aromatic N) is 1. The number of aliphatic carboxylic acids is 1. The third-order valence-corrected chi connectivity index (χ3v) is 2.35. The van der Waals surface area contributed by atoms with Crippen LogP contribution in [0, 0.1) is 16.7 Å². The third kappa shape index (κ3) is 6.92. The van der Waals surface area contributed by atoms with Crippen LogP contribution < -0.4 is 5.32 Å². The molecule has 0 aromatic rings. The molecule has 0 amide bonds. The maximum atomic E-state index is 10.5. The van der Waals surface area contributed by atoms with Gasteiger partial charge in [0.15, 0.2) is 0 Å². The summed E-state index contributed by atoms with van der Waals surface area (Å²) in [6, 6.07) is 1.75. The zero-order chi connectivity index (χ0) is 11.9. The van der Waals surface area contributed by atoms with Crippen molar-refractivity contribution in [2.24, 2.45) is 5.41 Å². The SMILES string of the molecule is C[C@@H](NCCCCC(C)(C)C#N)C(=O)O. The highest BCUT2D eigenvalue weighted by molar-refractivity contribution is 5.72. The Balaban J connectivity index is 3.49. The molecule has 0 saturated heterocycles. The number of hydrogen-bond donors (Lipinski definition) is 2. The molecule has 4 heteroatoms. The van der Waals surface area contributed by atoms with Gasteiger partial charge in [0.25, 0.3) is 0 Å². The largest absolute Gasteiger partial charge is 0.480 e. The van der Waals surface area contributed by atoms with Gasteiger partial charge < -0.3 is 10.4 Å². The van der Waals surface area contributed by atoms with Crippen LogP contribution in [0.4, 0.5) is 0 Å². The second kappa shape index (κ2) is 6.41. The van der Waals surface area contributed by atoms with E-state index in [1.807, 2.05) is 13.8 Å². The first kappa shape index (κ1) is 13.9. The highest BCUT2D eigenvalue weighted by Gasteiger charge is 2.15. The van der Waals surface area contributed by atoms with Crippen molar-refractivity contribution < 1.29 is 9.90 Å². The van der Waals surface area contributed by atoms with E-state index in [4.69, 9.17) is 10.4 Å². The van der Waals surface area contributed by atoms with Gasteiger partial charge in [0.1, 0.15) is 6.04 Å². The fraction of sp³-hybridized carbons (Fsp3) is 0.818. The van der Waals surface area contributed by atoms with Gasteiger partial charge in [-0.15, -0.1) is 0 Å². The first-order valence-corrected chi connectivity index (χ1v) is 5.26. The van der Waals surface area contributed by atoms with Crippen LogP contribution in [0.1, 0.15) is 40.0 Å². The van der Waals surface area contributed by atoms with Gasteiger partial charge >= 0.3 is 5.97 Å². The Bertz CT molecular complexity index is 243. The minimum Gasteiger partial charge on any atom is -0.480 e. The number of carboxylic acid groups (broad SMARTS) is 1. The van der Waals surface area contributed by atoms with E-state index in [1.165, 1.54) is 0 Å². The van der Waals surface area contributed by atoms with Gasteiger partial charge in [-0.2, -0.15) is 5.26 Å². The van der Waals surface area contributed by atoms with Crippen molar-refractivity contribution in [3.8, 4) is 6.07 Å². The Morgan fingerprint density at radius 1 is 1.53 bits per heavy atom. The van der Waals surface area contributed by atoms with E-state index in [9.17, 15) is 4.79 Å². The predicted molar refractivity (Wildman–Crippen MR) is 58.3 cm³/mol. The lowest BCUT2D eigenvalue weighted by molar-refractivity contribution is -0.138. The van der Waals surface area contributed by atoms with Gasteiger partial charge in [0.2, 0.25) is 0 Å². The third-order valence-electron chi connectivity index (χ3n) is 2.35. The lowest BCUT2D eigenvalue weighted by atomic mass is 9.89. The van der Waals surface area contributed by atoms with Crippen molar-refractivity contribution in [1.82, 2.24) is 5.32 Å². The molecule has 0 rings (SSSR count). The molecule has 2 N–H and O–H groups in total. The molecule has 0 aliphatic rings. The topological polar surface area (TPSA) is 73.1 Å². The van der Waals surface area contributed by atoms with E-state index in [1.54, 1.807) is 6.92 Å². The molecule has 0 aliphatic heterocycles. The highest BCUT2D eigenvalue weighted by atomic mass is 16.4. The number of unbranched alkanes of at least 4 members (excludes halogenated alkanes) is 1. The average Bonchev–Trinajstić information content (AvgIpc) is 2.16. The molecule has 0 saturated carbocycles. The molecular formula is C11H20N2O2. The van der Waals surface area contributed by atoms with Crippen molar-refractivity contribution in [2.75, 3.05) is 6.54 Å². The lowest BCUT2D eigenvalue weighted by Gasteiger charge is -2.14. The zero-order valence-corrected chi connectivity index (χ0v) is 9.71. The molecule has 15 heavy (non-hydrogen) atoms. The van der Waals surface area contributed by atoms with E-state index in [0.717, 1.165) is 19.3 Å². The van der Waals surface area contributed by atoms with Crippen molar-refractivity contribution in [2.45, 2.75) is 46.1 Å². The summed E-state index contributed by atoms with van der Waals surface area (Å²) in [4.78, 5) is 10.5. The number of rotatable bonds is 7. The maximum Gasteiger partial charge on any atom is 0.320 e. The standard InChI is InChI=1S/C11H20N2O2/c1-9(10(14)15)13-7-5-4-6-11(2,3)8-12/h9,13H,4-7H2,1-3H3,(H,14,15)/t9-/m1/s1. The summed E-state index contributed by atoms with van der Waals surface area (Å²) in [5.41, 5.74) is -0.265. The van der Waals surface area contributed by atoms with Gasteiger partial charge in [-0.1, -0.05) is 6.42 Å². The van der Waals surface area contributed by atoms with E-state index < -0.39 is 12.0 Å². The second-order valence-electron chi connectivity index (χ2n) is 4.47. The number of hydrogen-bond acceptors (Lipinski definition) is 3. The summed E-state index contributed by atoms with van der Waals surface area (Å²) in [7, 11) is 0. The van der Waals surface area contributed by atoms with Crippen LogP contribution in [0.15, 0.2) is 0 Å². The first-order valence-electron chi connectivity index (χ1n) is 5.26. The van der Waals surface area contributed by atoms with Crippen molar-refractivity contribution in [3.05, 3.63) is 0 Å². The Morgan fingerprint density at radius 2 is 2.13 bits per heavy atom. The summed E-state index contributed by atoms with van der Waals surface area (Å²) >= 11 is 0. The normalized spacial score (nSPS) is 13.2. The highest BCUT2D eigenvalue weighted by Crippen LogP contribution is 2.21. The summed E-state index contributed by atoms with van der Waals surface area (Å²) < 4.78 is 0. The Hall–Kier alpha value is -1.08. The van der Waals surface area contributed by atoms with Gasteiger partial charge in [-0.25, -0.2) is 0 Å². The fourth-order valence-electron chi connectivity index (χ4n) is 1.15. The molecule has 0 radical (unpaired) electrons. The van der Waals surface area contributed by atoms with Crippen LogP contribution in [0.25, 0.3) is 0 Å². The Labute approximate surface area is 91.3 Å². The van der Waals surface area contributed by atoms with E-state index in [-0.39, 0.29) is 5.41 Å². The van der Waals surface area contributed by atoms with Gasteiger partial charge in [-0.05, 0) is 40.2 Å². The predicted octanol–water partition coefficient (Wildman–Crippen LogP) is 1.77. The monoisotopic (exact) mass is 212 g/mol. The van der Waals surface area contributed by atoms with Crippen LogP contribution >= 0.6 is 0 Å². The van der Waals surface area contributed by atoms with Gasteiger partial charge in [0, 0.05) is 0 Å². The summed E-state index contributed by atoms with van der Waals surface area (Å²) in [6.45, 7) is 6.15. The van der Waals surface area contributed by atoms with Crippen LogP contribution in [0.3, 0.4) is 0 Å². The smallest absolute Gasteiger partial charge is 0.320 e. The minimum absolute atomic E-state index is 0.265. The maximum absolute atomic E-state index is 10.5. The number of carboxylic acids is 1. The molecule has 4 nitrogen and oxygen atoms in total. The van der Waals surface area contributed by atoms with E-state index >= 15 is 0 Å². The molecule has 0 fully saturated rings. The molecule has 86 valence electrons. The first-order chi connectivity index (χ1) is 6.89. The van der Waals surface area contributed by atoms with Crippen LogP contribution in [0.5, 0.6) is 0 Å². The van der Waals surface area contributed by atoms with Crippen molar-refractivity contribution >= 4 is 5.97 Å². The Morgan fingerprint density at radius 3 is 2.60 bits per heavy atom. The van der Waals surface area contributed by atoms with Crippen LogP contribution in [-0.4, -0.2) is 23.7 Å². The number of carbonyl (C=O) groups is 1. The van der Waals surface area contributed by atoms with Gasteiger partial charge in [-0.3, -0.25) is 4.79 Å². The summed E-state index contributed by atoms with van der Waals surface area (Å²) in [5, 5.41) is 20.3. The van der Waals surface area contributed by atoms with Crippen LogP contribution in [-0.2, 0) is 4.79 Å². The molecule has 0 spiro atoms. The van der Waals surface area contributed by atoms with Crippen LogP contribution in [0.2, 0.25) is 0 Å². The minimum atomic E-state index is -0.827. The zero-order valence-electron chi connectivity index (χ0n) is 9.71. The van der Waals surface area contributed by atoms with Crippen molar-refractivity contribution in [1.29, 1.82) is 5.26 Å². The molecule has 0 aromatic heterocycles. The molecular weight excluding hydrogens is 192 g/mol. The molecule has 0 bridgehead atoms.